The maximum atomic E-state index is 11.9. The van der Waals surface area contributed by atoms with E-state index in [-0.39, 0.29) is 0 Å². The molecular formula is C21H20N4O2. The number of hydrogen-bond donors (Lipinski definition) is 1. The molecule has 6 nitrogen and oxygen atoms in total. The van der Waals surface area contributed by atoms with Crippen LogP contribution in [0.25, 0.3) is 28.0 Å². The smallest absolute Gasteiger partial charge is 0.312 e. The van der Waals surface area contributed by atoms with Crippen LogP contribution in [0, 0.1) is 0 Å². The highest BCUT2D eigenvalue weighted by atomic mass is 16.4. The summed E-state index contributed by atoms with van der Waals surface area (Å²) in [6.45, 7) is 1.89. The van der Waals surface area contributed by atoms with E-state index < -0.39 is 11.9 Å². The molecular weight excluding hydrogens is 340 g/mol. The molecule has 6 heteroatoms. The lowest BCUT2D eigenvalue weighted by Crippen LogP contribution is -2.13. The first-order chi connectivity index (χ1) is 13.1. The molecule has 0 spiro atoms. The molecule has 0 aliphatic heterocycles. The van der Waals surface area contributed by atoms with Gasteiger partial charge in [-0.2, -0.15) is 5.10 Å². The normalized spacial score (nSPS) is 12.4. The maximum Gasteiger partial charge on any atom is 0.312 e. The molecule has 1 unspecified atom stereocenters. The lowest BCUT2D eigenvalue weighted by molar-refractivity contribution is -0.138. The van der Waals surface area contributed by atoms with Gasteiger partial charge in [0.2, 0.25) is 0 Å². The number of carbonyl (C=O) groups is 1. The topological polar surface area (TPSA) is 72.4 Å². The minimum absolute atomic E-state index is 0.493. The van der Waals surface area contributed by atoms with Crippen molar-refractivity contribution in [3.05, 3.63) is 66.7 Å². The molecule has 0 radical (unpaired) electrons. The summed E-state index contributed by atoms with van der Waals surface area (Å²) in [5, 5.41) is 14.0. The van der Waals surface area contributed by atoms with Crippen LogP contribution in [0.1, 0.15) is 25.0 Å². The van der Waals surface area contributed by atoms with E-state index in [1.165, 1.54) is 0 Å². The van der Waals surface area contributed by atoms with Gasteiger partial charge in [0, 0.05) is 30.6 Å². The highest BCUT2D eigenvalue weighted by Gasteiger charge is 2.27. The molecule has 0 bridgehead atoms. The number of hydrogen-bond acceptors (Lipinski definition) is 3. The summed E-state index contributed by atoms with van der Waals surface area (Å²) in [7, 11) is 1.88. The van der Waals surface area contributed by atoms with Crippen molar-refractivity contribution >= 4 is 11.6 Å². The first-order valence-electron chi connectivity index (χ1n) is 8.87. The van der Waals surface area contributed by atoms with Gasteiger partial charge in [-0.15, -0.1) is 0 Å². The van der Waals surface area contributed by atoms with E-state index >= 15 is 0 Å². The van der Waals surface area contributed by atoms with Gasteiger partial charge >= 0.3 is 5.97 Å². The third-order valence-corrected chi connectivity index (χ3v) is 4.78. The van der Waals surface area contributed by atoms with Crippen LogP contribution in [0.3, 0.4) is 0 Å². The summed E-state index contributed by atoms with van der Waals surface area (Å²) in [5.41, 5.74) is 5.06. The van der Waals surface area contributed by atoms with E-state index in [0.717, 1.165) is 22.3 Å². The number of imidazole rings is 1. The molecule has 0 saturated heterocycles. The Morgan fingerprint density at radius 1 is 1.15 bits per heavy atom. The summed E-state index contributed by atoms with van der Waals surface area (Å²) < 4.78 is 3.65. The number of aromatic nitrogens is 4. The molecule has 1 atom stereocenters. The number of benzene rings is 1. The standard InChI is InChI=1S/C21H20N4O2/c1-3-17(21(26)27)20-19(14-7-5-4-6-8-14)23-18-11-15(9-10-25(18)20)16-12-22-24(2)13-16/h4-13,17H,3H2,1-2H3,(H,26,27). The lowest BCUT2D eigenvalue weighted by atomic mass is 9.97. The molecule has 0 fully saturated rings. The van der Waals surface area contributed by atoms with Crippen LogP contribution in [-0.4, -0.2) is 30.2 Å². The molecule has 136 valence electrons. The summed E-state index contributed by atoms with van der Waals surface area (Å²) in [5.74, 6) is -1.47. The summed E-state index contributed by atoms with van der Waals surface area (Å²) in [6, 6.07) is 13.7. The Morgan fingerprint density at radius 2 is 1.93 bits per heavy atom. The Kier molecular flexibility index (Phi) is 4.24. The zero-order valence-electron chi connectivity index (χ0n) is 15.2. The summed E-state index contributed by atoms with van der Waals surface area (Å²) in [6.07, 6.45) is 6.14. The molecule has 3 aromatic heterocycles. The van der Waals surface area contributed by atoms with Crippen molar-refractivity contribution < 1.29 is 9.90 Å². The third kappa shape index (κ3) is 2.99. The highest BCUT2D eigenvalue weighted by molar-refractivity contribution is 5.81. The van der Waals surface area contributed by atoms with Crippen molar-refractivity contribution in [3.8, 4) is 22.4 Å². The number of carboxylic acid groups (broad SMARTS) is 1. The van der Waals surface area contributed by atoms with E-state index in [9.17, 15) is 9.90 Å². The van der Waals surface area contributed by atoms with E-state index in [1.54, 1.807) is 10.9 Å². The SMILES string of the molecule is CCC(C(=O)O)c1c(-c2ccccc2)nc2cc(-c3cnn(C)c3)ccn12. The molecule has 1 N–H and O–H groups in total. The number of aryl methyl sites for hydroxylation is 1. The third-order valence-electron chi connectivity index (χ3n) is 4.78. The van der Waals surface area contributed by atoms with Gasteiger partial charge in [-0.25, -0.2) is 4.98 Å². The van der Waals surface area contributed by atoms with Gasteiger partial charge < -0.3 is 9.51 Å². The van der Waals surface area contributed by atoms with E-state index in [2.05, 4.69) is 5.10 Å². The van der Waals surface area contributed by atoms with Crippen LogP contribution in [0.5, 0.6) is 0 Å². The van der Waals surface area contributed by atoms with Crippen LogP contribution in [0.15, 0.2) is 61.1 Å². The predicted molar refractivity (Wildman–Crippen MR) is 103 cm³/mol. The Bertz CT molecular complexity index is 1110. The van der Waals surface area contributed by atoms with Crippen molar-refractivity contribution in [1.29, 1.82) is 0 Å². The van der Waals surface area contributed by atoms with Gasteiger partial charge in [0.15, 0.2) is 0 Å². The molecule has 0 saturated carbocycles. The summed E-state index contributed by atoms with van der Waals surface area (Å²) >= 11 is 0. The first-order valence-corrected chi connectivity index (χ1v) is 8.87. The zero-order chi connectivity index (χ0) is 19.0. The molecule has 0 amide bonds. The average Bonchev–Trinajstić information content (AvgIpc) is 3.26. The van der Waals surface area contributed by atoms with Crippen molar-refractivity contribution in [2.45, 2.75) is 19.3 Å². The molecule has 27 heavy (non-hydrogen) atoms. The van der Waals surface area contributed by atoms with Gasteiger partial charge in [-0.1, -0.05) is 37.3 Å². The quantitative estimate of drug-likeness (QED) is 0.584. The fourth-order valence-electron chi connectivity index (χ4n) is 3.44. The fourth-order valence-corrected chi connectivity index (χ4v) is 3.44. The zero-order valence-corrected chi connectivity index (χ0v) is 15.2. The number of rotatable bonds is 5. The molecule has 3 heterocycles. The van der Waals surface area contributed by atoms with Crippen LogP contribution < -0.4 is 0 Å². The van der Waals surface area contributed by atoms with Crippen LogP contribution in [0.4, 0.5) is 0 Å². The second-order valence-corrected chi connectivity index (χ2v) is 6.56. The number of carboxylic acids is 1. The number of fused-ring (bicyclic) bond motifs is 1. The summed E-state index contributed by atoms with van der Waals surface area (Å²) in [4.78, 5) is 16.7. The van der Waals surface area contributed by atoms with Crippen molar-refractivity contribution in [3.63, 3.8) is 0 Å². The second kappa shape index (κ2) is 6.72. The fraction of sp³-hybridized carbons (Fsp3) is 0.190. The van der Waals surface area contributed by atoms with Gasteiger partial charge in [-0.05, 0) is 24.1 Å². The van der Waals surface area contributed by atoms with Crippen molar-refractivity contribution in [1.82, 2.24) is 19.2 Å². The Morgan fingerprint density at radius 3 is 2.56 bits per heavy atom. The van der Waals surface area contributed by atoms with Crippen LogP contribution in [0.2, 0.25) is 0 Å². The highest BCUT2D eigenvalue weighted by Crippen LogP contribution is 2.33. The molecule has 1 aromatic carbocycles. The van der Waals surface area contributed by atoms with Crippen molar-refractivity contribution in [2.75, 3.05) is 0 Å². The Hall–Kier alpha value is -3.41. The maximum absolute atomic E-state index is 11.9. The van der Waals surface area contributed by atoms with Gasteiger partial charge in [0.1, 0.15) is 5.65 Å². The molecule has 0 aliphatic carbocycles. The minimum Gasteiger partial charge on any atom is -0.481 e. The predicted octanol–water partition coefficient (Wildman–Crippen LogP) is 3.98. The monoisotopic (exact) mass is 360 g/mol. The van der Waals surface area contributed by atoms with Crippen LogP contribution >= 0.6 is 0 Å². The minimum atomic E-state index is -0.840. The molecule has 0 aliphatic rings. The van der Waals surface area contributed by atoms with Gasteiger partial charge in [0.25, 0.3) is 0 Å². The van der Waals surface area contributed by atoms with Gasteiger partial charge in [-0.3, -0.25) is 9.48 Å². The number of aliphatic carboxylic acids is 1. The van der Waals surface area contributed by atoms with E-state index in [4.69, 9.17) is 4.98 Å². The number of nitrogens with zero attached hydrogens (tertiary/aromatic N) is 4. The molecule has 4 rings (SSSR count). The average molecular weight is 360 g/mol. The van der Waals surface area contributed by atoms with Crippen LogP contribution in [-0.2, 0) is 11.8 Å². The Labute approximate surface area is 156 Å². The largest absolute Gasteiger partial charge is 0.481 e. The molecule has 4 aromatic rings. The van der Waals surface area contributed by atoms with E-state index in [0.29, 0.717) is 17.8 Å². The van der Waals surface area contributed by atoms with E-state index in [1.807, 2.05) is 73.2 Å². The second-order valence-electron chi connectivity index (χ2n) is 6.56. The Balaban J connectivity index is 1.95. The lowest BCUT2D eigenvalue weighted by Gasteiger charge is -2.12. The first kappa shape index (κ1) is 17.0. The van der Waals surface area contributed by atoms with Crippen molar-refractivity contribution in [2.24, 2.45) is 7.05 Å². The number of pyridine rings is 1. The van der Waals surface area contributed by atoms with Gasteiger partial charge in [0.05, 0.1) is 23.5 Å².